The number of nitrogens with zero attached hydrogens (tertiary/aromatic N) is 2. The number of rotatable bonds is 3. The Labute approximate surface area is 101 Å². The van der Waals surface area contributed by atoms with Crippen LogP contribution in [0.25, 0.3) is 23.8 Å². The third-order valence-corrected chi connectivity index (χ3v) is 2.94. The van der Waals surface area contributed by atoms with Crippen LogP contribution in [0, 0.1) is 0 Å². The zero-order valence-corrected chi connectivity index (χ0v) is 9.55. The van der Waals surface area contributed by atoms with Gasteiger partial charge in [0.15, 0.2) is 5.76 Å². The molecule has 0 aromatic carbocycles. The number of aromatic nitrogens is 2. The van der Waals surface area contributed by atoms with E-state index in [9.17, 15) is 0 Å². The number of hydrogen-bond acceptors (Lipinski definition) is 5. The fourth-order valence-electron chi connectivity index (χ4n) is 1.34. The summed E-state index contributed by atoms with van der Waals surface area (Å²) in [5.74, 6) is 1.43. The van der Waals surface area contributed by atoms with E-state index in [1.165, 1.54) is 0 Å². The van der Waals surface area contributed by atoms with Crippen LogP contribution in [-0.4, -0.2) is 10.2 Å². The largest absolute Gasteiger partial charge is 0.459 e. The lowest BCUT2D eigenvalue weighted by atomic mass is 10.4. The van der Waals surface area contributed by atoms with E-state index in [2.05, 4.69) is 10.2 Å². The first-order chi connectivity index (χ1) is 8.42. The molecule has 0 aliphatic rings. The summed E-state index contributed by atoms with van der Waals surface area (Å²) in [6, 6.07) is 7.57. The van der Waals surface area contributed by atoms with E-state index in [-0.39, 0.29) is 0 Å². The lowest BCUT2D eigenvalue weighted by Crippen LogP contribution is -1.72. The topological polar surface area (TPSA) is 52.1 Å². The van der Waals surface area contributed by atoms with Gasteiger partial charge >= 0.3 is 0 Å². The number of hydrogen-bond donors (Lipinski definition) is 0. The van der Waals surface area contributed by atoms with Crippen molar-refractivity contribution < 1.29 is 8.83 Å². The SMILES string of the molecule is C(=C\c1cccs1)/c1nnc(-c2ccco2)o1. The van der Waals surface area contributed by atoms with Gasteiger partial charge in [0.25, 0.3) is 5.89 Å². The Balaban J connectivity index is 1.82. The van der Waals surface area contributed by atoms with Gasteiger partial charge in [0.05, 0.1) is 6.26 Å². The molecule has 0 saturated heterocycles. The molecular weight excluding hydrogens is 236 g/mol. The van der Waals surface area contributed by atoms with E-state index in [0.717, 1.165) is 4.88 Å². The first kappa shape index (κ1) is 10.0. The van der Waals surface area contributed by atoms with Gasteiger partial charge in [-0.05, 0) is 29.7 Å². The summed E-state index contributed by atoms with van der Waals surface area (Å²) in [4.78, 5) is 1.14. The molecule has 4 nitrogen and oxygen atoms in total. The standard InChI is InChI=1S/C12H8N2O2S/c1-4-10(15-7-1)12-14-13-11(16-12)6-5-9-3-2-8-17-9/h1-8H/b6-5+. The van der Waals surface area contributed by atoms with Crippen LogP contribution in [-0.2, 0) is 0 Å². The Bertz CT molecular complexity index is 609. The van der Waals surface area contributed by atoms with Crippen molar-refractivity contribution in [2.24, 2.45) is 0 Å². The zero-order valence-electron chi connectivity index (χ0n) is 8.74. The maximum absolute atomic E-state index is 5.43. The van der Waals surface area contributed by atoms with Crippen molar-refractivity contribution in [3.05, 3.63) is 46.7 Å². The summed E-state index contributed by atoms with van der Waals surface area (Å²) < 4.78 is 10.6. The monoisotopic (exact) mass is 244 g/mol. The summed E-state index contributed by atoms with van der Waals surface area (Å²) >= 11 is 1.65. The second kappa shape index (κ2) is 4.39. The molecule has 0 fully saturated rings. The highest BCUT2D eigenvalue weighted by molar-refractivity contribution is 7.10. The molecule has 0 spiro atoms. The van der Waals surface area contributed by atoms with Gasteiger partial charge in [-0.2, -0.15) is 0 Å². The minimum absolute atomic E-state index is 0.390. The maximum atomic E-state index is 5.43. The van der Waals surface area contributed by atoms with Gasteiger partial charge in [-0.25, -0.2) is 0 Å². The van der Waals surface area contributed by atoms with Crippen molar-refractivity contribution in [3.8, 4) is 11.7 Å². The van der Waals surface area contributed by atoms with Crippen LogP contribution in [0.15, 0.2) is 44.7 Å². The molecular formula is C12H8N2O2S. The van der Waals surface area contributed by atoms with Crippen LogP contribution >= 0.6 is 11.3 Å². The summed E-state index contributed by atoms with van der Waals surface area (Å²) in [5, 5.41) is 9.83. The van der Waals surface area contributed by atoms with Gasteiger partial charge in [-0.1, -0.05) is 6.07 Å². The highest BCUT2D eigenvalue weighted by atomic mass is 32.1. The van der Waals surface area contributed by atoms with Crippen molar-refractivity contribution in [3.63, 3.8) is 0 Å². The molecule has 17 heavy (non-hydrogen) atoms. The molecule has 3 aromatic rings. The van der Waals surface area contributed by atoms with Crippen LogP contribution in [0.5, 0.6) is 0 Å². The van der Waals surface area contributed by atoms with E-state index in [1.54, 1.807) is 35.8 Å². The quantitative estimate of drug-likeness (QED) is 0.706. The number of furan rings is 1. The first-order valence-electron chi connectivity index (χ1n) is 5.01. The molecule has 5 heteroatoms. The molecule has 0 saturated carbocycles. The van der Waals surface area contributed by atoms with Gasteiger partial charge in [-0.15, -0.1) is 21.5 Å². The average molecular weight is 244 g/mol. The van der Waals surface area contributed by atoms with Gasteiger partial charge in [0.2, 0.25) is 5.89 Å². The highest BCUT2D eigenvalue weighted by Crippen LogP contribution is 2.19. The van der Waals surface area contributed by atoms with Crippen molar-refractivity contribution in [1.29, 1.82) is 0 Å². The van der Waals surface area contributed by atoms with Crippen LogP contribution in [0.4, 0.5) is 0 Å². The summed E-state index contributed by atoms with van der Waals surface area (Å²) in [6.07, 6.45) is 5.29. The van der Waals surface area contributed by atoms with E-state index < -0.39 is 0 Å². The molecule has 3 aromatic heterocycles. The fourth-order valence-corrected chi connectivity index (χ4v) is 1.96. The van der Waals surface area contributed by atoms with Gasteiger partial charge in [0, 0.05) is 11.0 Å². The Hall–Kier alpha value is -2.14. The molecule has 0 radical (unpaired) electrons. The van der Waals surface area contributed by atoms with Crippen molar-refractivity contribution in [2.45, 2.75) is 0 Å². The first-order valence-corrected chi connectivity index (χ1v) is 5.89. The van der Waals surface area contributed by atoms with E-state index in [4.69, 9.17) is 8.83 Å². The normalized spacial score (nSPS) is 11.3. The molecule has 3 heterocycles. The molecule has 0 aliphatic heterocycles. The van der Waals surface area contributed by atoms with Crippen molar-refractivity contribution in [1.82, 2.24) is 10.2 Å². The van der Waals surface area contributed by atoms with E-state index >= 15 is 0 Å². The summed E-state index contributed by atoms with van der Waals surface area (Å²) in [6.45, 7) is 0. The molecule has 0 N–H and O–H groups in total. The third kappa shape index (κ3) is 2.19. The Morgan fingerprint density at radius 2 is 2.12 bits per heavy atom. The maximum Gasteiger partial charge on any atom is 0.283 e. The molecule has 0 aliphatic carbocycles. The Morgan fingerprint density at radius 3 is 2.88 bits per heavy atom. The van der Waals surface area contributed by atoms with Crippen molar-refractivity contribution in [2.75, 3.05) is 0 Å². The molecule has 0 amide bonds. The zero-order chi connectivity index (χ0) is 11.5. The Kier molecular flexibility index (Phi) is 2.59. The van der Waals surface area contributed by atoms with Crippen LogP contribution in [0.1, 0.15) is 10.8 Å². The summed E-state index contributed by atoms with van der Waals surface area (Å²) in [7, 11) is 0. The lowest BCUT2D eigenvalue weighted by Gasteiger charge is -1.84. The van der Waals surface area contributed by atoms with Crippen LogP contribution in [0.2, 0.25) is 0 Å². The highest BCUT2D eigenvalue weighted by Gasteiger charge is 2.08. The molecule has 0 bridgehead atoms. The Morgan fingerprint density at radius 1 is 1.12 bits per heavy atom. The molecule has 3 rings (SSSR count). The second-order valence-corrected chi connectivity index (χ2v) is 4.25. The molecule has 0 atom stereocenters. The van der Waals surface area contributed by atoms with Gasteiger partial charge in [-0.3, -0.25) is 0 Å². The lowest BCUT2D eigenvalue weighted by molar-refractivity contribution is 0.510. The predicted molar refractivity (Wildman–Crippen MR) is 65.2 cm³/mol. The number of thiophene rings is 1. The van der Waals surface area contributed by atoms with Gasteiger partial charge in [0.1, 0.15) is 0 Å². The van der Waals surface area contributed by atoms with Crippen LogP contribution < -0.4 is 0 Å². The minimum Gasteiger partial charge on any atom is -0.459 e. The van der Waals surface area contributed by atoms with Crippen LogP contribution in [0.3, 0.4) is 0 Å². The van der Waals surface area contributed by atoms with E-state index in [0.29, 0.717) is 17.5 Å². The molecule has 84 valence electrons. The molecule has 0 unspecified atom stereocenters. The van der Waals surface area contributed by atoms with Crippen molar-refractivity contribution >= 4 is 23.5 Å². The smallest absolute Gasteiger partial charge is 0.283 e. The summed E-state index contributed by atoms with van der Waals surface area (Å²) in [5.41, 5.74) is 0. The average Bonchev–Trinajstić information content (AvgIpc) is 3.09. The predicted octanol–water partition coefficient (Wildman–Crippen LogP) is 3.56. The second-order valence-electron chi connectivity index (χ2n) is 3.27. The van der Waals surface area contributed by atoms with E-state index in [1.807, 2.05) is 23.6 Å². The van der Waals surface area contributed by atoms with Gasteiger partial charge < -0.3 is 8.83 Å². The third-order valence-electron chi connectivity index (χ3n) is 2.11. The fraction of sp³-hybridized carbons (Fsp3) is 0. The minimum atomic E-state index is 0.390.